The highest BCUT2D eigenvalue weighted by molar-refractivity contribution is 7.80. The smallest absolute Gasteiger partial charge is 0.166 e. The summed E-state index contributed by atoms with van der Waals surface area (Å²) in [6, 6.07) is 0.646. The van der Waals surface area contributed by atoms with Gasteiger partial charge in [-0.1, -0.05) is 13.8 Å². The first-order valence-electron chi connectivity index (χ1n) is 4.61. The van der Waals surface area contributed by atoms with Crippen LogP contribution in [0.5, 0.6) is 0 Å². The van der Waals surface area contributed by atoms with Crippen LogP contribution < -0.4 is 10.6 Å². The molecule has 0 saturated heterocycles. The zero-order chi connectivity index (χ0) is 9.14. The lowest BCUT2D eigenvalue weighted by atomic mass is 10.1. The number of nitrogens with one attached hydrogen (secondary N) is 2. The Morgan fingerprint density at radius 2 is 2.25 bits per heavy atom. The van der Waals surface area contributed by atoms with Gasteiger partial charge >= 0.3 is 0 Å². The summed E-state index contributed by atoms with van der Waals surface area (Å²) in [5.41, 5.74) is 0. The maximum Gasteiger partial charge on any atom is 0.166 e. The van der Waals surface area contributed by atoms with E-state index < -0.39 is 0 Å². The molecule has 0 amide bonds. The van der Waals surface area contributed by atoms with Gasteiger partial charge in [-0.25, -0.2) is 0 Å². The van der Waals surface area contributed by atoms with E-state index >= 15 is 0 Å². The molecule has 1 saturated carbocycles. The average Bonchev–Trinajstić information content (AvgIpc) is 2.66. The maximum absolute atomic E-state index is 5.02. The average molecular weight is 186 g/mol. The van der Waals surface area contributed by atoms with Gasteiger partial charge in [0.15, 0.2) is 5.11 Å². The van der Waals surface area contributed by atoms with Crippen LogP contribution in [0.3, 0.4) is 0 Å². The van der Waals surface area contributed by atoms with Crippen LogP contribution in [-0.2, 0) is 0 Å². The van der Waals surface area contributed by atoms with E-state index in [2.05, 4.69) is 24.5 Å². The standard InChI is InChI=1S/C9H18N2S/c1-6(2)4-7-5-8(7)11-9(12)10-3/h6-8H,4-5H2,1-3H3,(H2,10,11,12). The summed E-state index contributed by atoms with van der Waals surface area (Å²) in [5, 5.41) is 6.99. The SMILES string of the molecule is CNC(=S)NC1CC1CC(C)C. The predicted octanol–water partition coefficient (Wildman–Crippen LogP) is 1.51. The zero-order valence-electron chi connectivity index (χ0n) is 8.05. The summed E-state index contributed by atoms with van der Waals surface area (Å²) >= 11 is 5.02. The van der Waals surface area contributed by atoms with Crippen molar-refractivity contribution >= 4 is 17.3 Å². The Morgan fingerprint density at radius 3 is 2.75 bits per heavy atom. The Morgan fingerprint density at radius 1 is 1.58 bits per heavy atom. The molecule has 0 bridgehead atoms. The lowest BCUT2D eigenvalue weighted by Gasteiger charge is -2.07. The van der Waals surface area contributed by atoms with Gasteiger partial charge in [-0.15, -0.1) is 0 Å². The second kappa shape index (κ2) is 4.08. The van der Waals surface area contributed by atoms with Crippen LogP contribution in [0, 0.1) is 11.8 Å². The van der Waals surface area contributed by atoms with Gasteiger partial charge in [-0.2, -0.15) is 0 Å². The molecule has 1 aliphatic carbocycles. The summed E-state index contributed by atoms with van der Waals surface area (Å²) in [6.45, 7) is 4.54. The molecule has 3 heteroatoms. The van der Waals surface area contributed by atoms with E-state index in [1.54, 1.807) is 0 Å². The largest absolute Gasteiger partial charge is 0.366 e. The molecule has 12 heavy (non-hydrogen) atoms. The number of rotatable bonds is 3. The van der Waals surface area contributed by atoms with E-state index in [1.165, 1.54) is 12.8 Å². The maximum atomic E-state index is 5.02. The quantitative estimate of drug-likeness (QED) is 0.653. The zero-order valence-corrected chi connectivity index (χ0v) is 8.87. The summed E-state index contributed by atoms with van der Waals surface area (Å²) in [6.07, 6.45) is 2.62. The van der Waals surface area contributed by atoms with Gasteiger partial charge in [0.25, 0.3) is 0 Å². The van der Waals surface area contributed by atoms with Crippen LogP contribution >= 0.6 is 12.2 Å². The van der Waals surface area contributed by atoms with Gasteiger partial charge in [0.05, 0.1) is 0 Å². The number of hydrogen-bond acceptors (Lipinski definition) is 1. The molecule has 0 spiro atoms. The second-order valence-electron chi connectivity index (χ2n) is 3.96. The molecular formula is C9H18N2S. The summed E-state index contributed by atoms with van der Waals surface area (Å²) < 4.78 is 0. The van der Waals surface area contributed by atoms with Crippen LogP contribution in [-0.4, -0.2) is 18.2 Å². The first kappa shape index (κ1) is 9.78. The molecule has 1 rings (SSSR count). The van der Waals surface area contributed by atoms with Crippen molar-refractivity contribution < 1.29 is 0 Å². The Hall–Kier alpha value is -0.310. The van der Waals surface area contributed by atoms with E-state index in [9.17, 15) is 0 Å². The third kappa shape index (κ3) is 2.97. The minimum Gasteiger partial charge on any atom is -0.366 e. The van der Waals surface area contributed by atoms with Crippen molar-refractivity contribution in [2.75, 3.05) is 7.05 Å². The molecule has 1 aliphatic rings. The van der Waals surface area contributed by atoms with Gasteiger partial charge in [-0.05, 0) is 36.9 Å². The van der Waals surface area contributed by atoms with E-state index in [0.29, 0.717) is 6.04 Å². The fraction of sp³-hybridized carbons (Fsp3) is 0.889. The van der Waals surface area contributed by atoms with E-state index in [0.717, 1.165) is 16.9 Å². The highest BCUT2D eigenvalue weighted by atomic mass is 32.1. The molecule has 2 nitrogen and oxygen atoms in total. The Bertz CT molecular complexity index is 168. The fourth-order valence-corrected chi connectivity index (χ4v) is 1.68. The summed E-state index contributed by atoms with van der Waals surface area (Å²) in [7, 11) is 1.86. The van der Waals surface area contributed by atoms with Crippen LogP contribution in [0.4, 0.5) is 0 Å². The van der Waals surface area contributed by atoms with Crippen molar-refractivity contribution in [3.8, 4) is 0 Å². The van der Waals surface area contributed by atoms with Crippen molar-refractivity contribution in [3.05, 3.63) is 0 Å². The van der Waals surface area contributed by atoms with E-state index in [4.69, 9.17) is 12.2 Å². The molecule has 0 aromatic carbocycles. The number of thiocarbonyl (C=S) groups is 1. The molecule has 0 radical (unpaired) electrons. The third-order valence-corrected chi connectivity index (χ3v) is 2.56. The molecular weight excluding hydrogens is 168 g/mol. The van der Waals surface area contributed by atoms with Crippen LogP contribution in [0.15, 0.2) is 0 Å². The predicted molar refractivity (Wildman–Crippen MR) is 56.1 cm³/mol. The molecule has 0 aromatic rings. The van der Waals surface area contributed by atoms with Crippen molar-refractivity contribution in [1.29, 1.82) is 0 Å². The van der Waals surface area contributed by atoms with Gasteiger partial charge in [-0.3, -0.25) is 0 Å². The summed E-state index contributed by atoms with van der Waals surface area (Å²) in [4.78, 5) is 0. The molecule has 0 aromatic heterocycles. The van der Waals surface area contributed by atoms with E-state index in [-0.39, 0.29) is 0 Å². The van der Waals surface area contributed by atoms with Crippen molar-refractivity contribution in [3.63, 3.8) is 0 Å². The molecule has 70 valence electrons. The van der Waals surface area contributed by atoms with Gasteiger partial charge in [0, 0.05) is 13.1 Å². The van der Waals surface area contributed by atoms with Crippen LogP contribution in [0.25, 0.3) is 0 Å². The van der Waals surface area contributed by atoms with Crippen LogP contribution in [0.2, 0.25) is 0 Å². The lowest BCUT2D eigenvalue weighted by Crippen LogP contribution is -2.34. The monoisotopic (exact) mass is 186 g/mol. The topological polar surface area (TPSA) is 24.1 Å². The van der Waals surface area contributed by atoms with Gasteiger partial charge in [0.1, 0.15) is 0 Å². The lowest BCUT2D eigenvalue weighted by molar-refractivity contribution is 0.524. The first-order chi connectivity index (χ1) is 5.63. The van der Waals surface area contributed by atoms with Gasteiger partial charge < -0.3 is 10.6 Å². The van der Waals surface area contributed by atoms with Gasteiger partial charge in [0.2, 0.25) is 0 Å². The molecule has 0 aliphatic heterocycles. The number of hydrogen-bond donors (Lipinski definition) is 2. The fourth-order valence-electron chi connectivity index (χ4n) is 1.53. The molecule has 2 N–H and O–H groups in total. The Kier molecular flexibility index (Phi) is 3.32. The van der Waals surface area contributed by atoms with Crippen molar-refractivity contribution in [2.24, 2.45) is 11.8 Å². The first-order valence-corrected chi connectivity index (χ1v) is 5.02. The Labute approximate surface area is 80.1 Å². The highest BCUT2D eigenvalue weighted by Crippen LogP contribution is 2.35. The van der Waals surface area contributed by atoms with Crippen molar-refractivity contribution in [1.82, 2.24) is 10.6 Å². The van der Waals surface area contributed by atoms with Crippen LogP contribution in [0.1, 0.15) is 26.7 Å². The van der Waals surface area contributed by atoms with E-state index in [1.807, 2.05) is 7.05 Å². The van der Waals surface area contributed by atoms with Crippen molar-refractivity contribution in [2.45, 2.75) is 32.7 Å². The highest BCUT2D eigenvalue weighted by Gasteiger charge is 2.37. The Balaban J connectivity index is 2.12. The molecule has 2 unspecified atom stereocenters. The second-order valence-corrected chi connectivity index (χ2v) is 4.36. The normalized spacial score (nSPS) is 27.0. The third-order valence-electron chi connectivity index (χ3n) is 2.24. The molecule has 2 atom stereocenters. The minimum atomic E-state index is 0.646. The molecule has 1 fully saturated rings. The minimum absolute atomic E-state index is 0.646. The molecule has 0 heterocycles. The summed E-state index contributed by atoms with van der Waals surface area (Å²) in [5.74, 6) is 1.67.